The van der Waals surface area contributed by atoms with Gasteiger partial charge in [-0.3, -0.25) is 9.69 Å². The molecule has 1 aliphatic heterocycles. The van der Waals surface area contributed by atoms with Gasteiger partial charge in [0.05, 0.1) is 13.3 Å². The van der Waals surface area contributed by atoms with Gasteiger partial charge in [-0.05, 0) is 0 Å². The van der Waals surface area contributed by atoms with Gasteiger partial charge in [-0.15, -0.1) is 0 Å². The molecule has 1 fully saturated rings. The van der Waals surface area contributed by atoms with Crippen molar-refractivity contribution in [3.63, 3.8) is 0 Å². The number of hydrogen-bond acceptors (Lipinski definition) is 5. The highest BCUT2D eigenvalue weighted by molar-refractivity contribution is 5.94. The van der Waals surface area contributed by atoms with Gasteiger partial charge in [-0.25, -0.2) is 9.37 Å². The quantitative estimate of drug-likeness (QED) is 0.804. The molecule has 1 saturated heterocycles. The Morgan fingerprint density at radius 2 is 2.47 bits per heavy atom. The van der Waals surface area contributed by atoms with Gasteiger partial charge in [0, 0.05) is 25.5 Å². The molecular formula is C10H12FN3O3. The first-order valence-corrected chi connectivity index (χ1v) is 5.13. The van der Waals surface area contributed by atoms with Crippen LogP contribution in [0.25, 0.3) is 0 Å². The van der Waals surface area contributed by atoms with Crippen LogP contribution in [0.4, 0.5) is 10.2 Å². The number of halogens is 1. The van der Waals surface area contributed by atoms with E-state index in [1.807, 2.05) is 0 Å². The molecule has 92 valence electrons. The Morgan fingerprint density at radius 1 is 1.71 bits per heavy atom. The fraction of sp³-hybridized carbons (Fsp3) is 0.500. The standard InChI is InChI=1S/C10H12FN3O3/c1-17-10-12-3-7(11)9(13-10)14-4-6(5-15)2-8(14)16/h3,6,15H,2,4-5H2,1H3. The molecule has 0 radical (unpaired) electrons. The molecule has 7 heteroatoms. The number of methoxy groups -OCH3 is 1. The molecule has 0 aliphatic carbocycles. The Balaban J connectivity index is 2.30. The number of aromatic nitrogens is 2. The number of aliphatic hydroxyl groups excluding tert-OH is 1. The Morgan fingerprint density at radius 3 is 3.06 bits per heavy atom. The Kier molecular flexibility index (Phi) is 3.19. The minimum absolute atomic E-state index is 0.00153. The van der Waals surface area contributed by atoms with Crippen molar-refractivity contribution in [3.05, 3.63) is 12.0 Å². The van der Waals surface area contributed by atoms with Gasteiger partial charge in [0.2, 0.25) is 5.91 Å². The smallest absolute Gasteiger partial charge is 0.318 e. The molecule has 1 unspecified atom stereocenters. The van der Waals surface area contributed by atoms with Crippen molar-refractivity contribution in [2.24, 2.45) is 5.92 Å². The second-order valence-electron chi connectivity index (χ2n) is 3.79. The van der Waals surface area contributed by atoms with Crippen molar-refractivity contribution in [2.75, 3.05) is 25.2 Å². The van der Waals surface area contributed by atoms with Crippen molar-refractivity contribution in [3.8, 4) is 6.01 Å². The lowest BCUT2D eigenvalue weighted by Gasteiger charge is -2.15. The predicted octanol–water partition coefficient (Wildman–Crippen LogP) is -0.0305. The predicted molar refractivity (Wildman–Crippen MR) is 56.1 cm³/mol. The molecule has 2 heterocycles. The molecule has 17 heavy (non-hydrogen) atoms. The molecule has 1 aromatic rings. The van der Waals surface area contributed by atoms with E-state index >= 15 is 0 Å². The van der Waals surface area contributed by atoms with Gasteiger partial charge in [0.1, 0.15) is 0 Å². The second kappa shape index (κ2) is 4.62. The van der Waals surface area contributed by atoms with Crippen LogP contribution in [0.3, 0.4) is 0 Å². The summed E-state index contributed by atoms with van der Waals surface area (Å²) in [5.41, 5.74) is 0. The van der Waals surface area contributed by atoms with Gasteiger partial charge in [-0.2, -0.15) is 4.98 Å². The van der Waals surface area contributed by atoms with Crippen LogP contribution in [0.5, 0.6) is 6.01 Å². The molecule has 1 amide bonds. The van der Waals surface area contributed by atoms with Crippen LogP contribution in [0.15, 0.2) is 6.20 Å². The number of aliphatic hydroxyl groups is 1. The van der Waals surface area contributed by atoms with Gasteiger partial charge >= 0.3 is 6.01 Å². The lowest BCUT2D eigenvalue weighted by Crippen LogP contribution is -2.27. The zero-order valence-corrected chi connectivity index (χ0v) is 9.26. The van der Waals surface area contributed by atoms with Crippen LogP contribution in [-0.4, -0.2) is 41.2 Å². The monoisotopic (exact) mass is 241 g/mol. The third kappa shape index (κ3) is 2.19. The minimum Gasteiger partial charge on any atom is -0.467 e. The lowest BCUT2D eigenvalue weighted by molar-refractivity contribution is -0.117. The number of carbonyl (C=O) groups excluding carboxylic acids is 1. The minimum atomic E-state index is -0.683. The van der Waals surface area contributed by atoms with E-state index < -0.39 is 5.82 Å². The highest BCUT2D eigenvalue weighted by Crippen LogP contribution is 2.26. The fourth-order valence-electron chi connectivity index (χ4n) is 1.74. The molecule has 2 rings (SSSR count). The molecule has 0 bridgehead atoms. The third-order valence-electron chi connectivity index (χ3n) is 2.61. The van der Waals surface area contributed by atoms with Crippen LogP contribution in [0, 0.1) is 11.7 Å². The van der Waals surface area contributed by atoms with E-state index in [1.165, 1.54) is 12.0 Å². The van der Waals surface area contributed by atoms with Crippen molar-refractivity contribution in [2.45, 2.75) is 6.42 Å². The summed E-state index contributed by atoms with van der Waals surface area (Å²) in [6, 6.07) is 0.00153. The first kappa shape index (κ1) is 11.7. The van der Waals surface area contributed by atoms with Crippen molar-refractivity contribution in [1.29, 1.82) is 0 Å². The first-order chi connectivity index (χ1) is 8.15. The number of ether oxygens (including phenoxy) is 1. The highest BCUT2D eigenvalue weighted by Gasteiger charge is 2.32. The van der Waals surface area contributed by atoms with E-state index in [-0.39, 0.29) is 43.2 Å². The molecule has 1 atom stereocenters. The summed E-state index contributed by atoms with van der Waals surface area (Å²) in [6.07, 6.45) is 1.16. The van der Waals surface area contributed by atoms with Crippen LogP contribution in [0.2, 0.25) is 0 Å². The van der Waals surface area contributed by atoms with Gasteiger partial charge in [-0.1, -0.05) is 0 Å². The number of anilines is 1. The molecule has 0 spiro atoms. The zero-order valence-electron chi connectivity index (χ0n) is 9.26. The summed E-state index contributed by atoms with van der Waals surface area (Å²) < 4.78 is 18.3. The number of nitrogens with zero attached hydrogens (tertiary/aromatic N) is 3. The molecule has 1 aliphatic rings. The number of amides is 1. The van der Waals surface area contributed by atoms with E-state index in [1.54, 1.807) is 0 Å². The summed E-state index contributed by atoms with van der Waals surface area (Å²) in [5, 5.41) is 8.99. The fourth-order valence-corrected chi connectivity index (χ4v) is 1.74. The van der Waals surface area contributed by atoms with E-state index in [2.05, 4.69) is 9.97 Å². The van der Waals surface area contributed by atoms with Gasteiger partial charge in [0.25, 0.3) is 0 Å². The number of hydrogen-bond donors (Lipinski definition) is 1. The van der Waals surface area contributed by atoms with E-state index in [4.69, 9.17) is 9.84 Å². The second-order valence-corrected chi connectivity index (χ2v) is 3.79. The molecule has 6 nitrogen and oxygen atoms in total. The maximum atomic E-state index is 13.5. The molecule has 0 aromatic carbocycles. The summed E-state index contributed by atoms with van der Waals surface area (Å²) in [4.78, 5) is 20.3. The Bertz CT molecular complexity index is 441. The van der Waals surface area contributed by atoms with Gasteiger partial charge in [0.15, 0.2) is 11.6 Å². The maximum Gasteiger partial charge on any atom is 0.318 e. The number of rotatable bonds is 3. The zero-order chi connectivity index (χ0) is 12.4. The summed E-state index contributed by atoms with van der Waals surface area (Å²) in [6.45, 7) is 0.151. The Hall–Kier alpha value is -1.76. The van der Waals surface area contributed by atoms with E-state index in [9.17, 15) is 9.18 Å². The topological polar surface area (TPSA) is 75.6 Å². The van der Waals surface area contributed by atoms with E-state index in [0.29, 0.717) is 0 Å². The third-order valence-corrected chi connectivity index (χ3v) is 2.61. The van der Waals surface area contributed by atoms with Crippen LogP contribution in [-0.2, 0) is 4.79 Å². The normalized spacial score (nSPS) is 19.8. The first-order valence-electron chi connectivity index (χ1n) is 5.13. The molecule has 0 saturated carbocycles. The van der Waals surface area contributed by atoms with Crippen LogP contribution >= 0.6 is 0 Å². The van der Waals surface area contributed by atoms with Crippen molar-refractivity contribution < 1.29 is 19.0 Å². The largest absolute Gasteiger partial charge is 0.467 e. The molecular weight excluding hydrogens is 229 g/mol. The SMILES string of the molecule is COc1ncc(F)c(N2CC(CO)CC2=O)n1. The molecule has 1 N–H and O–H groups in total. The van der Waals surface area contributed by atoms with Crippen LogP contribution < -0.4 is 9.64 Å². The number of carbonyl (C=O) groups is 1. The summed E-state index contributed by atoms with van der Waals surface area (Å²) in [5.74, 6) is -1.22. The Labute approximate surface area is 97.0 Å². The molecule has 1 aromatic heterocycles. The summed E-state index contributed by atoms with van der Waals surface area (Å²) in [7, 11) is 1.36. The summed E-state index contributed by atoms with van der Waals surface area (Å²) >= 11 is 0. The average Bonchev–Trinajstić information content (AvgIpc) is 2.71. The average molecular weight is 241 g/mol. The van der Waals surface area contributed by atoms with Crippen molar-refractivity contribution in [1.82, 2.24) is 9.97 Å². The lowest BCUT2D eigenvalue weighted by atomic mass is 10.1. The maximum absolute atomic E-state index is 13.5. The highest BCUT2D eigenvalue weighted by atomic mass is 19.1. The van der Waals surface area contributed by atoms with Crippen LogP contribution in [0.1, 0.15) is 6.42 Å². The van der Waals surface area contributed by atoms with Gasteiger partial charge < -0.3 is 9.84 Å². The van der Waals surface area contributed by atoms with Crippen molar-refractivity contribution >= 4 is 11.7 Å². The van der Waals surface area contributed by atoms with E-state index in [0.717, 1.165) is 6.20 Å².